The van der Waals surface area contributed by atoms with Gasteiger partial charge in [-0.15, -0.1) is 0 Å². The topological polar surface area (TPSA) is 74.6 Å². The SMILES string of the molecule is C=C[CH2-].O=S(=O)(O)CCO.[Na+]. The summed E-state index contributed by atoms with van der Waals surface area (Å²) in [6.45, 7) is 5.97. The van der Waals surface area contributed by atoms with Crippen molar-refractivity contribution >= 4 is 10.1 Å². The largest absolute Gasteiger partial charge is 1.00 e. The summed E-state index contributed by atoms with van der Waals surface area (Å²) < 4.78 is 27.1. The smallest absolute Gasteiger partial charge is 0.395 e. The van der Waals surface area contributed by atoms with E-state index in [2.05, 4.69) is 13.5 Å². The Kier molecular flexibility index (Phi) is 16.7. The summed E-state index contributed by atoms with van der Waals surface area (Å²) >= 11 is 0. The van der Waals surface area contributed by atoms with E-state index in [9.17, 15) is 8.42 Å². The second-order valence-electron chi connectivity index (χ2n) is 1.30. The van der Waals surface area contributed by atoms with Crippen molar-refractivity contribution in [1.82, 2.24) is 0 Å². The molecule has 0 bridgehead atoms. The van der Waals surface area contributed by atoms with Crippen LogP contribution in [0.1, 0.15) is 0 Å². The van der Waals surface area contributed by atoms with Crippen LogP contribution in [0.25, 0.3) is 0 Å². The monoisotopic (exact) mass is 190 g/mol. The van der Waals surface area contributed by atoms with Gasteiger partial charge in [0.05, 0.1) is 12.4 Å². The molecular weight excluding hydrogens is 179 g/mol. The van der Waals surface area contributed by atoms with Gasteiger partial charge in [0.2, 0.25) is 0 Å². The molecule has 0 aromatic heterocycles. The zero-order valence-corrected chi connectivity index (χ0v) is 9.34. The molecule has 0 aliphatic carbocycles. The fraction of sp³-hybridized carbons (Fsp3) is 0.400. The van der Waals surface area contributed by atoms with Crippen LogP contribution in [0.3, 0.4) is 0 Å². The molecule has 0 fully saturated rings. The molecule has 0 saturated carbocycles. The molecule has 0 aromatic carbocycles. The zero-order chi connectivity index (χ0) is 8.62. The third kappa shape index (κ3) is 37.5. The maximum absolute atomic E-state index is 9.63. The Morgan fingerprint density at radius 2 is 1.82 bits per heavy atom. The molecule has 0 rings (SSSR count). The molecule has 11 heavy (non-hydrogen) atoms. The van der Waals surface area contributed by atoms with Crippen molar-refractivity contribution in [3.63, 3.8) is 0 Å². The van der Waals surface area contributed by atoms with Gasteiger partial charge in [-0.3, -0.25) is 4.55 Å². The molecule has 62 valence electrons. The summed E-state index contributed by atoms with van der Waals surface area (Å²) in [5, 5.41) is 7.86. The Hall–Kier alpha value is 0.480. The van der Waals surface area contributed by atoms with Crippen LogP contribution in [0, 0.1) is 6.92 Å². The maximum atomic E-state index is 9.63. The van der Waals surface area contributed by atoms with Crippen molar-refractivity contribution in [3.8, 4) is 0 Å². The molecule has 0 spiro atoms. The Morgan fingerprint density at radius 1 is 1.55 bits per heavy atom. The molecule has 4 nitrogen and oxygen atoms in total. The molecular formula is C5H11NaO4S. The van der Waals surface area contributed by atoms with Gasteiger partial charge >= 0.3 is 29.6 Å². The van der Waals surface area contributed by atoms with Crippen LogP contribution in [0.15, 0.2) is 12.7 Å². The number of rotatable bonds is 2. The number of hydrogen-bond acceptors (Lipinski definition) is 3. The first kappa shape index (κ1) is 17.5. The third-order valence-electron chi connectivity index (χ3n) is 0.349. The molecule has 0 aliphatic rings. The van der Waals surface area contributed by atoms with Crippen LogP contribution in [0.5, 0.6) is 0 Å². The average molecular weight is 190 g/mol. The molecule has 2 N–H and O–H groups in total. The van der Waals surface area contributed by atoms with Crippen LogP contribution in [0.4, 0.5) is 0 Å². The number of allylic oxidation sites excluding steroid dienone is 1. The molecule has 0 atom stereocenters. The van der Waals surface area contributed by atoms with E-state index in [0.29, 0.717) is 0 Å². The van der Waals surface area contributed by atoms with Crippen molar-refractivity contribution < 1.29 is 47.6 Å². The molecule has 0 aromatic rings. The second-order valence-corrected chi connectivity index (χ2v) is 2.87. The van der Waals surface area contributed by atoms with Crippen LogP contribution >= 0.6 is 0 Å². The summed E-state index contributed by atoms with van der Waals surface area (Å²) in [5.41, 5.74) is 0. The van der Waals surface area contributed by atoms with E-state index < -0.39 is 22.5 Å². The molecule has 0 radical (unpaired) electrons. The molecule has 0 aliphatic heterocycles. The third-order valence-corrected chi connectivity index (χ3v) is 1.05. The fourth-order valence-corrected chi connectivity index (χ4v) is 0.346. The zero-order valence-electron chi connectivity index (χ0n) is 6.52. The summed E-state index contributed by atoms with van der Waals surface area (Å²) in [6, 6.07) is 0. The van der Waals surface area contributed by atoms with Crippen molar-refractivity contribution in [1.29, 1.82) is 0 Å². The standard InChI is InChI=1S/C3H5.C2H6O4S.Na/c1-3-2;3-1-2-7(4,5)6;/h3H,1-2H2;3H,1-2H2,(H,4,5,6);/q-1;;+1. The summed E-state index contributed by atoms with van der Waals surface area (Å²) in [7, 11) is -3.92. The maximum Gasteiger partial charge on any atom is 1.00 e. The van der Waals surface area contributed by atoms with E-state index in [-0.39, 0.29) is 29.6 Å². The first-order valence-corrected chi connectivity index (χ1v) is 4.05. The minimum Gasteiger partial charge on any atom is -0.395 e. The van der Waals surface area contributed by atoms with E-state index in [1.54, 1.807) is 0 Å². The molecule has 0 saturated heterocycles. The Labute approximate surface area is 89.4 Å². The van der Waals surface area contributed by atoms with Gasteiger partial charge in [0.25, 0.3) is 10.1 Å². The van der Waals surface area contributed by atoms with Crippen molar-refractivity contribution in [2.24, 2.45) is 0 Å². The Bertz CT molecular complexity index is 163. The minimum atomic E-state index is -3.92. The van der Waals surface area contributed by atoms with Crippen molar-refractivity contribution in [2.75, 3.05) is 12.4 Å². The van der Waals surface area contributed by atoms with E-state index >= 15 is 0 Å². The number of aliphatic hydroxyl groups excluding tert-OH is 1. The summed E-state index contributed by atoms with van der Waals surface area (Å²) in [5.74, 6) is -0.576. The average Bonchev–Trinajstić information content (AvgIpc) is 1.63. The predicted molar refractivity (Wildman–Crippen MR) is 39.1 cm³/mol. The summed E-state index contributed by atoms with van der Waals surface area (Å²) in [6.07, 6.45) is 1.50. The Balaban J connectivity index is -0.000000140. The van der Waals surface area contributed by atoms with Gasteiger partial charge in [-0.05, 0) is 0 Å². The van der Waals surface area contributed by atoms with Gasteiger partial charge in [0, 0.05) is 0 Å². The molecule has 6 heteroatoms. The van der Waals surface area contributed by atoms with E-state index in [0.717, 1.165) is 0 Å². The van der Waals surface area contributed by atoms with Gasteiger partial charge < -0.3 is 5.11 Å². The number of hydrogen-bond donors (Lipinski definition) is 2. The van der Waals surface area contributed by atoms with Gasteiger partial charge in [0.1, 0.15) is 0 Å². The Morgan fingerprint density at radius 3 is 1.82 bits per heavy atom. The predicted octanol–water partition coefficient (Wildman–Crippen LogP) is -3.12. The van der Waals surface area contributed by atoms with Crippen LogP contribution in [-0.2, 0) is 10.1 Å². The van der Waals surface area contributed by atoms with Gasteiger partial charge in [-0.25, -0.2) is 19.6 Å². The molecule has 0 heterocycles. The normalized spacial score (nSPS) is 8.55. The fourth-order valence-electron chi connectivity index (χ4n) is 0.115. The summed E-state index contributed by atoms with van der Waals surface area (Å²) in [4.78, 5) is 0. The van der Waals surface area contributed by atoms with E-state index in [1.165, 1.54) is 6.08 Å². The van der Waals surface area contributed by atoms with Crippen LogP contribution in [0.2, 0.25) is 0 Å². The molecule has 0 amide bonds. The first-order chi connectivity index (χ1) is 4.47. The van der Waals surface area contributed by atoms with Crippen molar-refractivity contribution in [3.05, 3.63) is 19.6 Å². The van der Waals surface area contributed by atoms with E-state index in [4.69, 9.17) is 9.66 Å². The molecule has 0 unspecified atom stereocenters. The van der Waals surface area contributed by atoms with Gasteiger partial charge in [0.15, 0.2) is 0 Å². The van der Waals surface area contributed by atoms with Crippen molar-refractivity contribution in [2.45, 2.75) is 0 Å². The van der Waals surface area contributed by atoms with Gasteiger partial charge in [-0.1, -0.05) is 0 Å². The van der Waals surface area contributed by atoms with Crippen LogP contribution < -0.4 is 29.6 Å². The quantitative estimate of drug-likeness (QED) is 0.274. The number of aliphatic hydroxyl groups is 1. The van der Waals surface area contributed by atoms with E-state index in [1.807, 2.05) is 0 Å². The second kappa shape index (κ2) is 10.5. The minimum absolute atomic E-state index is 0. The first-order valence-electron chi connectivity index (χ1n) is 2.44. The van der Waals surface area contributed by atoms with Crippen LogP contribution in [-0.4, -0.2) is 30.4 Å². The van der Waals surface area contributed by atoms with Gasteiger partial charge in [-0.2, -0.15) is 8.42 Å².